The van der Waals surface area contributed by atoms with Gasteiger partial charge in [0.05, 0.1) is 23.3 Å². The van der Waals surface area contributed by atoms with Gasteiger partial charge < -0.3 is 30.6 Å². The smallest absolute Gasteiger partial charge is 0.644 e. The molecule has 6 rings (SSSR count). The van der Waals surface area contributed by atoms with Crippen LogP contribution >= 0.6 is 0 Å². The molecule has 4 atom stereocenters. The molecule has 0 spiro atoms. The zero-order valence-corrected chi connectivity index (χ0v) is 19.7. The van der Waals surface area contributed by atoms with Crippen LogP contribution in [0, 0.1) is 0 Å². The maximum atomic E-state index is 4.78. The van der Waals surface area contributed by atoms with Gasteiger partial charge in [-0.25, -0.2) is 19.9 Å². The topological polar surface area (TPSA) is 143 Å². The van der Waals surface area contributed by atoms with E-state index in [4.69, 9.17) is 10.6 Å². The molecule has 1 fully saturated rings. The summed E-state index contributed by atoms with van der Waals surface area (Å²) in [7, 11) is 0. The van der Waals surface area contributed by atoms with Crippen LogP contribution in [0.5, 0.6) is 0 Å². The Kier molecular flexibility index (Phi) is 7.98. The normalized spacial score (nSPS) is 24.5. The van der Waals surface area contributed by atoms with Gasteiger partial charge in [0.25, 0.3) is 0 Å². The van der Waals surface area contributed by atoms with Gasteiger partial charge in [-0.15, -0.1) is 0 Å². The molecule has 0 aliphatic carbocycles. The Bertz CT molecular complexity index is 1020. The predicted molar refractivity (Wildman–Crippen MR) is 120 cm³/mol. The molecule has 0 saturated carbocycles. The minimum Gasteiger partial charge on any atom is -0.644 e. The molecule has 0 bridgehead atoms. The first-order chi connectivity index (χ1) is 15.9. The van der Waals surface area contributed by atoms with E-state index in [0.29, 0.717) is 0 Å². The first-order valence-electron chi connectivity index (χ1n) is 10.9. The number of imidazole rings is 4. The molecule has 0 aromatic carbocycles. The van der Waals surface area contributed by atoms with E-state index in [0.717, 1.165) is 42.6 Å². The van der Waals surface area contributed by atoms with E-state index >= 15 is 0 Å². The van der Waals surface area contributed by atoms with Crippen LogP contribution in [-0.2, 0) is 19.5 Å². The molecule has 4 aromatic rings. The van der Waals surface area contributed by atoms with E-state index in [2.05, 4.69) is 52.0 Å². The number of nitrogens with one attached hydrogen (secondary N) is 4. The van der Waals surface area contributed by atoms with Gasteiger partial charge in [-0.2, -0.15) is 0 Å². The molecule has 2 aliphatic rings. The second-order valence-corrected chi connectivity index (χ2v) is 7.78. The van der Waals surface area contributed by atoms with Crippen LogP contribution in [0.2, 0.25) is 0 Å². The van der Waals surface area contributed by atoms with E-state index in [1.165, 1.54) is 6.42 Å². The quantitative estimate of drug-likeness (QED) is 0.223. The van der Waals surface area contributed by atoms with Crippen molar-refractivity contribution in [1.82, 2.24) is 39.9 Å². The third kappa shape index (κ3) is 5.73. The maximum absolute atomic E-state index is 4.78. The van der Waals surface area contributed by atoms with E-state index < -0.39 is 0 Å². The van der Waals surface area contributed by atoms with E-state index in [-0.39, 0.29) is 43.6 Å². The third-order valence-corrected chi connectivity index (χ3v) is 5.64. The van der Waals surface area contributed by atoms with Gasteiger partial charge in [-0.3, -0.25) is 0 Å². The predicted octanol–water partition coefficient (Wildman–Crippen LogP) is 4.72. The van der Waals surface area contributed by atoms with Gasteiger partial charge >= 0.3 is 19.5 Å². The zero-order chi connectivity index (χ0) is 21.6. The maximum Gasteiger partial charge on any atom is 4.00 e. The fraction of sp³-hybridized carbons (Fsp3) is 0.364. The Balaban J connectivity index is 0.000000152. The van der Waals surface area contributed by atoms with Crippen LogP contribution in [0.1, 0.15) is 73.1 Å². The van der Waals surface area contributed by atoms with Crippen molar-refractivity contribution in [2.75, 3.05) is 0 Å². The third-order valence-electron chi connectivity index (χ3n) is 5.64. The zero-order valence-electron chi connectivity index (χ0n) is 17.9. The van der Waals surface area contributed by atoms with Gasteiger partial charge in [-0.05, 0) is 6.42 Å². The Labute approximate surface area is 204 Å². The fourth-order valence-electron chi connectivity index (χ4n) is 4.09. The summed E-state index contributed by atoms with van der Waals surface area (Å²) in [5, 5.41) is 9.47. The molecule has 11 heteroatoms. The second kappa shape index (κ2) is 11.3. The van der Waals surface area contributed by atoms with Crippen molar-refractivity contribution in [1.29, 1.82) is 0 Å². The van der Waals surface area contributed by atoms with Crippen molar-refractivity contribution in [2.24, 2.45) is 0 Å². The summed E-state index contributed by atoms with van der Waals surface area (Å²) in [6.07, 6.45) is 22.8. The van der Waals surface area contributed by atoms with Crippen LogP contribution in [0.4, 0.5) is 0 Å². The molecule has 10 nitrogen and oxygen atoms in total. The number of H-pyrrole nitrogens is 4. The van der Waals surface area contributed by atoms with Crippen LogP contribution in [0.15, 0.2) is 61.7 Å². The van der Waals surface area contributed by atoms with Crippen molar-refractivity contribution in [3.8, 4) is 0 Å². The average Bonchev–Trinajstić information content (AvgIpc) is 3.68. The molecular formula is C22H26N10Ru+2. The second-order valence-electron chi connectivity index (χ2n) is 7.78. The minimum absolute atomic E-state index is 0. The number of aromatic amines is 4. The molecule has 170 valence electrons. The first kappa shape index (κ1) is 23.3. The standard InChI is InChI=1S/C11H14N5.C11H12N5.Ru/c2*1-2-8(10-12-4-5-13-10)16-9(3-1)11-14-6-7-15-11;/h4-9H,1-3H2,(H,12,13)(H,14,15);1-2,4-9H,3H2,(H,12,13)(H,14,15);/q2*-1;+4. The van der Waals surface area contributed by atoms with Crippen molar-refractivity contribution in [3.63, 3.8) is 0 Å². The van der Waals surface area contributed by atoms with Gasteiger partial charge in [-0.1, -0.05) is 55.6 Å². The fourth-order valence-corrected chi connectivity index (χ4v) is 4.09. The summed E-state index contributed by atoms with van der Waals surface area (Å²) < 4.78 is 0. The molecule has 0 amide bonds. The molecule has 4 aromatic heterocycles. The molecule has 6 heterocycles. The molecule has 0 radical (unpaired) electrons. The van der Waals surface area contributed by atoms with Crippen LogP contribution < -0.4 is 0 Å². The summed E-state index contributed by atoms with van der Waals surface area (Å²) in [5.41, 5.74) is 0. The Morgan fingerprint density at radius 1 is 0.636 bits per heavy atom. The van der Waals surface area contributed by atoms with E-state index in [1.54, 1.807) is 24.8 Å². The van der Waals surface area contributed by atoms with Crippen molar-refractivity contribution >= 4 is 0 Å². The van der Waals surface area contributed by atoms with Gasteiger partial charge in [0.1, 0.15) is 0 Å². The number of piperidine rings is 1. The van der Waals surface area contributed by atoms with Crippen molar-refractivity contribution < 1.29 is 19.5 Å². The monoisotopic (exact) mass is 532 g/mol. The first-order valence-corrected chi connectivity index (χ1v) is 10.9. The van der Waals surface area contributed by atoms with Crippen molar-refractivity contribution in [2.45, 2.75) is 49.9 Å². The molecule has 1 saturated heterocycles. The van der Waals surface area contributed by atoms with Crippen molar-refractivity contribution in [3.05, 3.63) is 95.7 Å². The van der Waals surface area contributed by atoms with Crippen LogP contribution in [0.3, 0.4) is 0 Å². The number of hydrogen-bond acceptors (Lipinski definition) is 4. The Morgan fingerprint density at radius 2 is 1.12 bits per heavy atom. The molecular weight excluding hydrogens is 505 g/mol. The largest absolute Gasteiger partial charge is 4.00 e. The molecule has 33 heavy (non-hydrogen) atoms. The summed E-state index contributed by atoms with van der Waals surface area (Å²) in [6.45, 7) is 0. The number of hydrogen-bond donors (Lipinski definition) is 4. The summed E-state index contributed by atoms with van der Waals surface area (Å²) >= 11 is 0. The number of rotatable bonds is 4. The van der Waals surface area contributed by atoms with E-state index in [1.807, 2.05) is 24.8 Å². The minimum atomic E-state index is 0. The Hall–Kier alpha value is -2.88. The number of nitrogens with zero attached hydrogens (tertiary/aromatic N) is 6. The van der Waals surface area contributed by atoms with Gasteiger partial charge in [0, 0.05) is 49.6 Å². The molecule has 4 unspecified atom stereocenters. The summed E-state index contributed by atoms with van der Waals surface area (Å²) in [6, 6.07) is 0.506. The molecule has 2 aliphatic heterocycles. The van der Waals surface area contributed by atoms with Gasteiger partial charge in [0.15, 0.2) is 0 Å². The Morgan fingerprint density at radius 3 is 1.61 bits per heavy atom. The summed E-state index contributed by atoms with van der Waals surface area (Å²) in [5.74, 6) is 3.74. The molecule has 4 N–H and O–H groups in total. The summed E-state index contributed by atoms with van der Waals surface area (Å²) in [4.78, 5) is 29.5. The van der Waals surface area contributed by atoms with Gasteiger partial charge in [0.2, 0.25) is 0 Å². The van der Waals surface area contributed by atoms with E-state index in [9.17, 15) is 0 Å². The average molecular weight is 532 g/mol. The number of aromatic nitrogens is 8. The van der Waals surface area contributed by atoms with Crippen LogP contribution in [-0.4, -0.2) is 39.9 Å². The SMILES string of the molecule is C1=CC(c2ncc[nH]2)[N-]C(c2ncc[nH]2)C1.[Ru+4].c1c[nH]c(C2CCCC(c3ncc[nH]3)[N-]2)n1. The van der Waals surface area contributed by atoms with Crippen LogP contribution in [0.25, 0.3) is 10.6 Å².